The third-order valence-corrected chi connectivity index (χ3v) is 6.48. The highest BCUT2D eigenvalue weighted by Gasteiger charge is 2.37. The lowest BCUT2D eigenvalue weighted by Crippen LogP contribution is -2.46. The van der Waals surface area contributed by atoms with Crippen LogP contribution in [0.25, 0.3) is 0 Å². The summed E-state index contributed by atoms with van der Waals surface area (Å²) in [4.78, 5) is 13.7. The molecule has 25 heavy (non-hydrogen) atoms. The summed E-state index contributed by atoms with van der Waals surface area (Å²) in [5.41, 5.74) is 0.751. The Labute approximate surface area is 150 Å². The second-order valence-corrected chi connectivity index (χ2v) is 8.95. The topological polar surface area (TPSA) is 66.5 Å². The predicted molar refractivity (Wildman–Crippen MR) is 95.3 cm³/mol. The van der Waals surface area contributed by atoms with Crippen molar-refractivity contribution in [1.29, 1.82) is 0 Å². The summed E-state index contributed by atoms with van der Waals surface area (Å²) in [6, 6.07) is 8.59. The van der Waals surface area contributed by atoms with E-state index in [1.165, 1.54) is 27.8 Å². The van der Waals surface area contributed by atoms with E-state index in [0.29, 0.717) is 19.4 Å². The van der Waals surface area contributed by atoms with Gasteiger partial charge in [-0.2, -0.15) is 4.31 Å². The normalized spacial score (nSPS) is 19.7. The molecule has 2 heterocycles. The highest BCUT2D eigenvalue weighted by molar-refractivity contribution is 7.88. The Morgan fingerprint density at radius 3 is 2.64 bits per heavy atom. The molecule has 5 nitrogen and oxygen atoms in total. The van der Waals surface area contributed by atoms with Crippen LogP contribution in [0.2, 0.25) is 0 Å². The molecule has 2 atom stereocenters. The Balaban J connectivity index is 1.85. The van der Waals surface area contributed by atoms with Gasteiger partial charge in [0.25, 0.3) is 0 Å². The number of rotatable bonds is 5. The van der Waals surface area contributed by atoms with Crippen molar-refractivity contribution in [3.63, 3.8) is 0 Å². The minimum Gasteiger partial charge on any atom is -0.343 e. The van der Waals surface area contributed by atoms with Crippen LogP contribution in [0.1, 0.15) is 29.3 Å². The van der Waals surface area contributed by atoms with Crippen LogP contribution in [-0.4, -0.2) is 37.5 Å². The van der Waals surface area contributed by atoms with Gasteiger partial charge < -0.3 is 5.32 Å². The molecule has 2 aromatic rings. The standard InChI is InChI=1S/C17H19FN2O3S2/c1-25(22,23)20-10-2-4-14(20)17(21)19-16(15-5-3-11-24-15)12-6-8-13(18)9-7-12/h3,5-9,11,14,16H,2,4,10H2,1H3,(H,19,21)/t14-,16-/m0/s1. The number of sulfonamides is 1. The molecule has 0 aliphatic carbocycles. The van der Waals surface area contributed by atoms with Gasteiger partial charge in [0, 0.05) is 11.4 Å². The van der Waals surface area contributed by atoms with Crippen molar-refractivity contribution in [1.82, 2.24) is 9.62 Å². The van der Waals surface area contributed by atoms with Crippen molar-refractivity contribution in [2.24, 2.45) is 0 Å². The Bertz CT molecular complexity index is 835. The Morgan fingerprint density at radius 1 is 1.32 bits per heavy atom. The van der Waals surface area contributed by atoms with Crippen LogP contribution in [0.5, 0.6) is 0 Å². The molecule has 1 aliphatic rings. The van der Waals surface area contributed by atoms with E-state index in [2.05, 4.69) is 5.32 Å². The number of hydrogen-bond donors (Lipinski definition) is 1. The highest BCUT2D eigenvalue weighted by Crippen LogP contribution is 2.28. The number of nitrogens with zero attached hydrogens (tertiary/aromatic N) is 1. The van der Waals surface area contributed by atoms with Crippen LogP contribution in [-0.2, 0) is 14.8 Å². The number of halogens is 1. The molecule has 0 bridgehead atoms. The minimum atomic E-state index is -3.43. The van der Waals surface area contributed by atoms with E-state index in [1.807, 2.05) is 17.5 Å². The van der Waals surface area contributed by atoms with E-state index in [0.717, 1.165) is 16.7 Å². The highest BCUT2D eigenvalue weighted by atomic mass is 32.2. The lowest BCUT2D eigenvalue weighted by Gasteiger charge is -2.25. The molecule has 0 saturated carbocycles. The average Bonchev–Trinajstić information content (AvgIpc) is 3.24. The lowest BCUT2D eigenvalue weighted by molar-refractivity contribution is -0.124. The van der Waals surface area contributed by atoms with Crippen molar-refractivity contribution in [3.8, 4) is 0 Å². The minimum absolute atomic E-state index is 0.328. The van der Waals surface area contributed by atoms with E-state index in [1.54, 1.807) is 12.1 Å². The summed E-state index contributed by atoms with van der Waals surface area (Å²) in [6.07, 6.45) is 2.28. The number of benzene rings is 1. The van der Waals surface area contributed by atoms with Crippen LogP contribution in [0, 0.1) is 5.82 Å². The molecule has 1 aromatic heterocycles. The van der Waals surface area contributed by atoms with E-state index in [4.69, 9.17) is 0 Å². The van der Waals surface area contributed by atoms with Crippen LogP contribution < -0.4 is 5.32 Å². The number of carbonyl (C=O) groups is 1. The molecule has 0 unspecified atom stereocenters. The Kier molecular flexibility index (Phi) is 5.21. The van der Waals surface area contributed by atoms with Crippen molar-refractivity contribution in [3.05, 3.63) is 58.0 Å². The molecule has 8 heteroatoms. The SMILES string of the molecule is CS(=O)(=O)N1CCC[C@H]1C(=O)N[C@@H](c1ccc(F)cc1)c1cccs1. The molecule has 1 amide bonds. The monoisotopic (exact) mass is 382 g/mol. The van der Waals surface area contributed by atoms with Crippen LogP contribution in [0.3, 0.4) is 0 Å². The van der Waals surface area contributed by atoms with Crippen molar-refractivity contribution >= 4 is 27.3 Å². The van der Waals surface area contributed by atoms with Crippen molar-refractivity contribution in [2.75, 3.05) is 12.8 Å². The van der Waals surface area contributed by atoms with Gasteiger partial charge in [0.1, 0.15) is 11.9 Å². The van der Waals surface area contributed by atoms with E-state index >= 15 is 0 Å². The summed E-state index contributed by atoms with van der Waals surface area (Å²) in [7, 11) is -3.43. The average molecular weight is 382 g/mol. The molecule has 1 aromatic carbocycles. The third-order valence-electron chi connectivity index (χ3n) is 4.25. The summed E-state index contributed by atoms with van der Waals surface area (Å²) < 4.78 is 38.2. The van der Waals surface area contributed by atoms with Gasteiger partial charge in [-0.1, -0.05) is 18.2 Å². The van der Waals surface area contributed by atoms with Gasteiger partial charge in [0.05, 0.1) is 12.3 Å². The van der Waals surface area contributed by atoms with Crippen LogP contribution in [0.4, 0.5) is 4.39 Å². The fourth-order valence-corrected chi connectivity index (χ4v) is 4.99. The van der Waals surface area contributed by atoms with Gasteiger partial charge in [0.2, 0.25) is 15.9 Å². The van der Waals surface area contributed by atoms with Gasteiger partial charge in [0.15, 0.2) is 0 Å². The number of carbonyl (C=O) groups excluding carboxylic acids is 1. The summed E-state index contributed by atoms with van der Waals surface area (Å²) >= 11 is 1.48. The zero-order valence-corrected chi connectivity index (χ0v) is 15.3. The van der Waals surface area contributed by atoms with Gasteiger partial charge in [-0.15, -0.1) is 11.3 Å². The first-order chi connectivity index (χ1) is 11.9. The molecule has 1 fully saturated rings. The van der Waals surface area contributed by atoms with E-state index in [-0.39, 0.29) is 11.7 Å². The van der Waals surface area contributed by atoms with E-state index in [9.17, 15) is 17.6 Å². The molecular weight excluding hydrogens is 363 g/mol. The number of nitrogens with one attached hydrogen (secondary N) is 1. The number of hydrogen-bond acceptors (Lipinski definition) is 4. The second kappa shape index (κ2) is 7.23. The molecule has 1 aliphatic heterocycles. The van der Waals surface area contributed by atoms with Crippen LogP contribution >= 0.6 is 11.3 Å². The predicted octanol–water partition coefficient (Wildman–Crippen LogP) is 2.52. The molecular formula is C17H19FN2O3S2. The molecule has 1 saturated heterocycles. The van der Waals surface area contributed by atoms with Gasteiger partial charge in [-0.25, -0.2) is 12.8 Å². The second-order valence-electron chi connectivity index (χ2n) is 6.04. The molecule has 3 rings (SSSR count). The van der Waals surface area contributed by atoms with Gasteiger partial charge in [-0.3, -0.25) is 4.79 Å². The maximum absolute atomic E-state index is 13.2. The Hall–Kier alpha value is -1.77. The lowest BCUT2D eigenvalue weighted by atomic mass is 10.0. The largest absolute Gasteiger partial charge is 0.343 e. The fraction of sp³-hybridized carbons (Fsp3) is 0.353. The molecule has 0 radical (unpaired) electrons. The summed E-state index contributed by atoms with van der Waals surface area (Å²) in [5, 5.41) is 4.84. The maximum atomic E-state index is 13.2. The fourth-order valence-electron chi connectivity index (χ4n) is 3.07. The van der Waals surface area contributed by atoms with E-state index < -0.39 is 22.1 Å². The Morgan fingerprint density at radius 2 is 2.04 bits per heavy atom. The molecule has 0 spiro atoms. The van der Waals surface area contributed by atoms with Crippen LogP contribution in [0.15, 0.2) is 41.8 Å². The maximum Gasteiger partial charge on any atom is 0.239 e. The molecule has 1 N–H and O–H groups in total. The number of thiophene rings is 1. The zero-order chi connectivity index (χ0) is 18.0. The quantitative estimate of drug-likeness (QED) is 0.864. The molecule has 134 valence electrons. The summed E-state index contributed by atoms with van der Waals surface area (Å²) in [6.45, 7) is 0.358. The smallest absolute Gasteiger partial charge is 0.239 e. The summed E-state index contributed by atoms with van der Waals surface area (Å²) in [5.74, 6) is -0.676. The first kappa shape index (κ1) is 18.0. The third kappa shape index (κ3) is 4.08. The van der Waals surface area contributed by atoms with Crippen molar-refractivity contribution in [2.45, 2.75) is 24.9 Å². The zero-order valence-electron chi connectivity index (χ0n) is 13.7. The number of amides is 1. The van der Waals surface area contributed by atoms with Crippen molar-refractivity contribution < 1.29 is 17.6 Å². The first-order valence-corrected chi connectivity index (χ1v) is 10.6. The first-order valence-electron chi connectivity index (χ1n) is 7.92. The van der Waals surface area contributed by atoms with Gasteiger partial charge in [-0.05, 0) is 42.0 Å². The van der Waals surface area contributed by atoms with Gasteiger partial charge >= 0.3 is 0 Å².